The van der Waals surface area contributed by atoms with Gasteiger partial charge in [-0.05, 0) is 19.1 Å². The van der Waals surface area contributed by atoms with Gasteiger partial charge in [0.25, 0.3) is 0 Å². The van der Waals surface area contributed by atoms with E-state index >= 15 is 0 Å². The summed E-state index contributed by atoms with van der Waals surface area (Å²) in [5.74, 6) is -1.35. The maximum absolute atomic E-state index is 12.7. The van der Waals surface area contributed by atoms with Crippen molar-refractivity contribution in [3.8, 4) is 5.75 Å². The summed E-state index contributed by atoms with van der Waals surface area (Å²) in [6, 6.07) is 5.43. The Bertz CT molecular complexity index is 365. The molecule has 4 nitrogen and oxygen atoms in total. The van der Waals surface area contributed by atoms with Gasteiger partial charge in [0.05, 0.1) is 0 Å². The molecule has 0 radical (unpaired) electrons. The topological polar surface area (TPSA) is 72.5 Å². The van der Waals surface area contributed by atoms with E-state index in [0.717, 1.165) is 6.07 Å². The molecule has 0 bridgehead atoms. The highest BCUT2D eigenvalue weighted by Crippen LogP contribution is 2.13. The molecule has 1 unspecified atom stereocenters. The van der Waals surface area contributed by atoms with Gasteiger partial charge >= 0.3 is 5.97 Å². The van der Waals surface area contributed by atoms with Crippen molar-refractivity contribution in [1.82, 2.24) is 0 Å². The predicted octanol–water partition coefficient (Wildman–Crippen LogP) is 1.01. The number of carbonyl (C=O) groups is 1. The molecular weight excluding hydrogens is 201 g/mol. The Hall–Kier alpha value is -1.62. The van der Waals surface area contributed by atoms with Crippen LogP contribution in [-0.4, -0.2) is 23.2 Å². The molecule has 1 atom stereocenters. The average molecular weight is 213 g/mol. The molecule has 0 amide bonds. The molecule has 0 spiro atoms. The molecule has 1 rings (SSSR count). The van der Waals surface area contributed by atoms with Gasteiger partial charge in [-0.25, -0.2) is 4.39 Å². The van der Waals surface area contributed by atoms with Gasteiger partial charge in [0.2, 0.25) is 0 Å². The van der Waals surface area contributed by atoms with E-state index in [0.29, 0.717) is 0 Å². The molecular formula is C10H12FNO3. The number of hydrogen-bond acceptors (Lipinski definition) is 3. The zero-order valence-corrected chi connectivity index (χ0v) is 8.24. The SMILES string of the molecule is CC(N)(COc1cccc(F)c1)C(=O)O. The van der Waals surface area contributed by atoms with Gasteiger partial charge in [0, 0.05) is 6.07 Å². The minimum Gasteiger partial charge on any atom is -0.491 e. The van der Waals surface area contributed by atoms with Crippen molar-refractivity contribution >= 4 is 5.97 Å². The van der Waals surface area contributed by atoms with Crippen molar-refractivity contribution in [3.63, 3.8) is 0 Å². The standard InChI is InChI=1S/C10H12FNO3/c1-10(12,9(13)14)6-15-8-4-2-3-7(11)5-8/h2-5H,6,12H2,1H3,(H,13,14). The van der Waals surface area contributed by atoms with Crippen molar-refractivity contribution in [2.45, 2.75) is 12.5 Å². The number of carboxylic acid groups (broad SMARTS) is 1. The monoisotopic (exact) mass is 213 g/mol. The van der Waals surface area contributed by atoms with Crippen LogP contribution in [0, 0.1) is 5.82 Å². The first kappa shape index (κ1) is 11.5. The van der Waals surface area contributed by atoms with Crippen LogP contribution >= 0.6 is 0 Å². The lowest BCUT2D eigenvalue weighted by Gasteiger charge is -2.19. The van der Waals surface area contributed by atoms with E-state index in [9.17, 15) is 9.18 Å². The van der Waals surface area contributed by atoms with E-state index in [1.807, 2.05) is 0 Å². The zero-order valence-electron chi connectivity index (χ0n) is 8.24. The van der Waals surface area contributed by atoms with E-state index < -0.39 is 17.3 Å². The molecule has 0 aliphatic carbocycles. The van der Waals surface area contributed by atoms with Crippen molar-refractivity contribution in [1.29, 1.82) is 0 Å². The zero-order chi connectivity index (χ0) is 11.5. The van der Waals surface area contributed by atoms with Crippen LogP contribution in [0.3, 0.4) is 0 Å². The number of carboxylic acids is 1. The summed E-state index contributed by atoms with van der Waals surface area (Å²) in [5.41, 5.74) is 3.95. The van der Waals surface area contributed by atoms with Gasteiger partial charge in [-0.3, -0.25) is 4.79 Å². The summed E-state index contributed by atoms with van der Waals surface area (Å²) < 4.78 is 17.8. The van der Waals surface area contributed by atoms with Crippen molar-refractivity contribution in [3.05, 3.63) is 30.1 Å². The van der Waals surface area contributed by atoms with Crippen LogP contribution in [0.2, 0.25) is 0 Å². The largest absolute Gasteiger partial charge is 0.491 e. The Labute approximate surface area is 86.5 Å². The molecule has 0 heterocycles. The Balaban J connectivity index is 2.61. The normalized spacial score (nSPS) is 14.3. The summed E-state index contributed by atoms with van der Waals surface area (Å²) in [5, 5.41) is 8.69. The lowest BCUT2D eigenvalue weighted by atomic mass is 10.1. The van der Waals surface area contributed by atoms with Crippen molar-refractivity contribution in [2.24, 2.45) is 5.73 Å². The molecule has 0 saturated carbocycles. The van der Waals surface area contributed by atoms with Gasteiger partial charge in [-0.2, -0.15) is 0 Å². The summed E-state index contributed by atoms with van der Waals surface area (Å²) in [7, 11) is 0. The van der Waals surface area contributed by atoms with Crippen LogP contribution < -0.4 is 10.5 Å². The third-order valence-corrected chi connectivity index (χ3v) is 1.82. The first-order valence-corrected chi connectivity index (χ1v) is 4.32. The molecule has 5 heteroatoms. The van der Waals surface area contributed by atoms with Gasteiger partial charge in [0.1, 0.15) is 23.7 Å². The van der Waals surface area contributed by atoms with E-state index in [1.165, 1.54) is 25.1 Å². The number of rotatable bonds is 4. The summed E-state index contributed by atoms with van der Waals surface area (Å²) in [6.07, 6.45) is 0. The molecule has 0 aliphatic heterocycles. The highest BCUT2D eigenvalue weighted by molar-refractivity contribution is 5.78. The molecule has 1 aromatic carbocycles. The maximum Gasteiger partial charge on any atom is 0.326 e. The molecule has 3 N–H and O–H groups in total. The minimum atomic E-state index is -1.48. The first-order chi connectivity index (χ1) is 6.92. The van der Waals surface area contributed by atoms with Gasteiger partial charge in [0.15, 0.2) is 0 Å². The fourth-order valence-corrected chi connectivity index (χ4v) is 0.852. The lowest BCUT2D eigenvalue weighted by Crippen LogP contribution is -2.49. The fraction of sp³-hybridized carbons (Fsp3) is 0.300. The molecule has 82 valence electrons. The third-order valence-electron chi connectivity index (χ3n) is 1.82. The number of ether oxygens (including phenoxy) is 1. The second kappa shape index (κ2) is 4.27. The quantitative estimate of drug-likeness (QED) is 0.782. The molecule has 0 fully saturated rings. The molecule has 1 aromatic rings. The van der Waals surface area contributed by atoms with Crippen molar-refractivity contribution < 1.29 is 19.0 Å². The Morgan fingerprint density at radius 1 is 1.67 bits per heavy atom. The van der Waals surface area contributed by atoms with Crippen LogP contribution in [-0.2, 0) is 4.79 Å². The molecule has 0 aromatic heterocycles. The highest BCUT2D eigenvalue weighted by Gasteiger charge is 2.28. The third kappa shape index (κ3) is 3.21. The Morgan fingerprint density at radius 2 is 2.33 bits per heavy atom. The molecule has 0 saturated heterocycles. The van der Waals surface area contributed by atoms with Crippen LogP contribution in [0.25, 0.3) is 0 Å². The lowest BCUT2D eigenvalue weighted by molar-refractivity contribution is -0.143. The van der Waals surface area contributed by atoms with Gasteiger partial charge < -0.3 is 15.6 Å². The van der Waals surface area contributed by atoms with E-state index in [4.69, 9.17) is 15.6 Å². The fourth-order valence-electron chi connectivity index (χ4n) is 0.852. The highest BCUT2D eigenvalue weighted by atomic mass is 19.1. The number of nitrogens with two attached hydrogens (primary N) is 1. The number of benzene rings is 1. The van der Waals surface area contributed by atoms with E-state index in [2.05, 4.69) is 0 Å². The number of aliphatic carboxylic acids is 1. The van der Waals surface area contributed by atoms with Crippen molar-refractivity contribution in [2.75, 3.05) is 6.61 Å². The Kier molecular flexibility index (Phi) is 3.26. The van der Waals surface area contributed by atoms with Crippen LogP contribution in [0.4, 0.5) is 4.39 Å². The van der Waals surface area contributed by atoms with E-state index in [1.54, 1.807) is 0 Å². The van der Waals surface area contributed by atoms with Crippen LogP contribution in [0.15, 0.2) is 24.3 Å². The number of halogens is 1. The second-order valence-corrected chi connectivity index (χ2v) is 3.47. The summed E-state index contributed by atoms with van der Waals surface area (Å²) in [6.45, 7) is 1.11. The average Bonchev–Trinajstić information content (AvgIpc) is 2.15. The minimum absolute atomic E-state index is 0.216. The second-order valence-electron chi connectivity index (χ2n) is 3.47. The summed E-state index contributed by atoms with van der Waals surface area (Å²) >= 11 is 0. The number of hydrogen-bond donors (Lipinski definition) is 2. The molecule has 0 aliphatic rings. The summed E-state index contributed by atoms with van der Waals surface area (Å²) in [4.78, 5) is 10.6. The maximum atomic E-state index is 12.7. The Morgan fingerprint density at radius 3 is 2.87 bits per heavy atom. The van der Waals surface area contributed by atoms with Gasteiger partial charge in [-0.15, -0.1) is 0 Å². The smallest absolute Gasteiger partial charge is 0.326 e. The van der Waals surface area contributed by atoms with Gasteiger partial charge in [-0.1, -0.05) is 6.07 Å². The first-order valence-electron chi connectivity index (χ1n) is 4.32. The molecule has 15 heavy (non-hydrogen) atoms. The van der Waals surface area contributed by atoms with Crippen LogP contribution in [0.5, 0.6) is 5.75 Å². The van der Waals surface area contributed by atoms with E-state index in [-0.39, 0.29) is 12.4 Å². The van der Waals surface area contributed by atoms with Crippen LogP contribution in [0.1, 0.15) is 6.92 Å². The predicted molar refractivity (Wildman–Crippen MR) is 52.1 cm³/mol.